The number of piperazine rings is 1. The molecule has 1 N–H and O–H groups in total. The van der Waals surface area contributed by atoms with Gasteiger partial charge in [-0.15, -0.1) is 24.0 Å². The molecule has 1 unspecified atom stereocenters. The molecule has 0 spiro atoms. The Kier molecular flexibility index (Phi) is 12.5. The van der Waals surface area contributed by atoms with Gasteiger partial charge in [-0.05, 0) is 37.6 Å². The molecular weight excluding hydrogens is 503 g/mol. The molecule has 0 amide bonds. The van der Waals surface area contributed by atoms with Crippen LogP contribution >= 0.6 is 24.0 Å². The van der Waals surface area contributed by atoms with Crippen LogP contribution in [0.15, 0.2) is 29.3 Å². The Morgan fingerprint density at radius 1 is 1.20 bits per heavy atom. The highest BCUT2D eigenvalue weighted by Crippen LogP contribution is 2.16. The summed E-state index contributed by atoms with van der Waals surface area (Å²) >= 11 is 0. The molecule has 0 bridgehead atoms. The van der Waals surface area contributed by atoms with Gasteiger partial charge in [0.15, 0.2) is 5.96 Å². The molecule has 172 valence electrons. The zero-order chi connectivity index (χ0) is 21.2. The predicted octanol–water partition coefficient (Wildman–Crippen LogP) is 3.19. The molecule has 1 saturated heterocycles. The number of aliphatic imine (C=N–C) groups is 1. The van der Waals surface area contributed by atoms with Crippen LogP contribution in [0.3, 0.4) is 0 Å². The maximum atomic E-state index is 12.3. The molecular formula is C21H36F2IN5O. The van der Waals surface area contributed by atoms with Gasteiger partial charge in [0.1, 0.15) is 5.75 Å². The fourth-order valence-corrected chi connectivity index (χ4v) is 3.37. The zero-order valence-corrected chi connectivity index (χ0v) is 20.8. The predicted molar refractivity (Wildman–Crippen MR) is 129 cm³/mol. The highest BCUT2D eigenvalue weighted by Gasteiger charge is 2.16. The summed E-state index contributed by atoms with van der Waals surface area (Å²) in [5.41, 5.74) is 1.00. The number of nitrogens with zero attached hydrogens (tertiary/aromatic N) is 4. The summed E-state index contributed by atoms with van der Waals surface area (Å²) in [5.74, 6) is 1.50. The second-order valence-corrected chi connectivity index (χ2v) is 7.78. The fraction of sp³-hybridized carbons (Fsp3) is 0.667. The first kappa shape index (κ1) is 26.8. The van der Waals surface area contributed by atoms with Crippen molar-refractivity contribution in [2.24, 2.45) is 10.9 Å². The van der Waals surface area contributed by atoms with E-state index in [4.69, 9.17) is 4.99 Å². The first-order chi connectivity index (χ1) is 13.9. The molecule has 0 saturated carbocycles. The van der Waals surface area contributed by atoms with Gasteiger partial charge in [0.2, 0.25) is 0 Å². The summed E-state index contributed by atoms with van der Waals surface area (Å²) in [6.45, 7) is 9.23. The molecule has 0 aliphatic carbocycles. The standard InChI is InChI=1S/C21H35F2N5O.HI/c1-5-24-21(25-14-17(2)15-28-12-10-26(3)11-13-28)27(4)16-18-6-8-19(9-7-18)29-20(22)23;/h6-9,17,20H,5,10-16H2,1-4H3,(H,24,25);1H. The first-order valence-corrected chi connectivity index (χ1v) is 10.3. The Morgan fingerprint density at radius 2 is 1.83 bits per heavy atom. The van der Waals surface area contributed by atoms with E-state index in [0.29, 0.717) is 12.5 Å². The van der Waals surface area contributed by atoms with E-state index in [1.807, 2.05) is 14.0 Å². The number of nitrogens with one attached hydrogen (secondary N) is 1. The molecule has 1 atom stereocenters. The molecule has 2 rings (SSSR count). The highest BCUT2D eigenvalue weighted by molar-refractivity contribution is 14.0. The summed E-state index contributed by atoms with van der Waals surface area (Å²) in [5, 5.41) is 3.34. The van der Waals surface area contributed by atoms with E-state index in [2.05, 4.69) is 38.7 Å². The van der Waals surface area contributed by atoms with Crippen LogP contribution in [0.1, 0.15) is 19.4 Å². The van der Waals surface area contributed by atoms with Gasteiger partial charge in [0, 0.05) is 59.4 Å². The van der Waals surface area contributed by atoms with Gasteiger partial charge < -0.3 is 24.8 Å². The van der Waals surface area contributed by atoms with E-state index >= 15 is 0 Å². The quantitative estimate of drug-likeness (QED) is 0.297. The van der Waals surface area contributed by atoms with Crippen LogP contribution in [0.4, 0.5) is 8.78 Å². The number of benzene rings is 1. The smallest absolute Gasteiger partial charge is 0.387 e. The van der Waals surface area contributed by atoms with E-state index in [1.165, 1.54) is 0 Å². The van der Waals surface area contributed by atoms with Gasteiger partial charge >= 0.3 is 6.61 Å². The van der Waals surface area contributed by atoms with Crippen molar-refractivity contribution >= 4 is 29.9 Å². The summed E-state index contributed by atoms with van der Waals surface area (Å²) in [6, 6.07) is 6.73. The average molecular weight is 539 g/mol. The van der Waals surface area contributed by atoms with Gasteiger partial charge in [0.05, 0.1) is 0 Å². The molecule has 6 nitrogen and oxygen atoms in total. The number of alkyl halides is 2. The van der Waals surface area contributed by atoms with Crippen molar-refractivity contribution in [3.05, 3.63) is 29.8 Å². The number of hydrogen-bond acceptors (Lipinski definition) is 4. The van der Waals surface area contributed by atoms with Crippen LogP contribution < -0.4 is 10.1 Å². The van der Waals surface area contributed by atoms with Crippen LogP contribution in [0.2, 0.25) is 0 Å². The maximum Gasteiger partial charge on any atom is 0.387 e. The van der Waals surface area contributed by atoms with Crippen molar-refractivity contribution in [3.8, 4) is 5.75 Å². The fourth-order valence-electron chi connectivity index (χ4n) is 3.37. The lowest BCUT2D eigenvalue weighted by atomic mass is 10.1. The Bertz CT molecular complexity index is 624. The van der Waals surface area contributed by atoms with Crippen molar-refractivity contribution in [1.82, 2.24) is 20.0 Å². The largest absolute Gasteiger partial charge is 0.435 e. The topological polar surface area (TPSA) is 43.3 Å². The van der Waals surface area contributed by atoms with Crippen molar-refractivity contribution in [3.63, 3.8) is 0 Å². The third kappa shape index (κ3) is 9.74. The van der Waals surface area contributed by atoms with Crippen LogP contribution in [-0.2, 0) is 6.54 Å². The minimum absolute atomic E-state index is 0. The molecule has 9 heteroatoms. The lowest BCUT2D eigenvalue weighted by Gasteiger charge is -2.33. The van der Waals surface area contributed by atoms with Gasteiger partial charge in [-0.2, -0.15) is 8.78 Å². The number of halogens is 3. The SMILES string of the molecule is CCNC(=NCC(C)CN1CCN(C)CC1)N(C)Cc1ccc(OC(F)F)cc1.I. The van der Waals surface area contributed by atoms with E-state index in [-0.39, 0.29) is 29.7 Å². The molecule has 1 aliphatic rings. The van der Waals surface area contributed by atoms with Gasteiger partial charge in [0.25, 0.3) is 0 Å². The molecule has 0 radical (unpaired) electrons. The number of hydrogen-bond donors (Lipinski definition) is 1. The lowest BCUT2D eigenvalue weighted by molar-refractivity contribution is -0.0498. The van der Waals surface area contributed by atoms with E-state index in [9.17, 15) is 8.78 Å². The first-order valence-electron chi connectivity index (χ1n) is 10.3. The van der Waals surface area contributed by atoms with E-state index in [0.717, 1.165) is 57.3 Å². The second kappa shape index (κ2) is 14.0. The number of likely N-dealkylation sites (N-methyl/N-ethyl adjacent to an activating group) is 1. The van der Waals surface area contributed by atoms with Crippen molar-refractivity contribution in [1.29, 1.82) is 0 Å². The number of ether oxygens (including phenoxy) is 1. The molecule has 0 aromatic heterocycles. The Labute approximate surface area is 196 Å². The number of rotatable bonds is 9. The number of guanidine groups is 1. The Morgan fingerprint density at radius 3 is 2.40 bits per heavy atom. The molecule has 1 aromatic carbocycles. The molecule has 1 aliphatic heterocycles. The Balaban J connectivity index is 0.00000450. The summed E-state index contributed by atoms with van der Waals surface area (Å²) in [4.78, 5) is 11.7. The monoisotopic (exact) mass is 539 g/mol. The highest BCUT2D eigenvalue weighted by atomic mass is 127. The van der Waals surface area contributed by atoms with Gasteiger partial charge in [-0.25, -0.2) is 0 Å². The third-order valence-corrected chi connectivity index (χ3v) is 4.98. The molecule has 1 fully saturated rings. The molecule has 1 heterocycles. The minimum atomic E-state index is -2.80. The molecule has 1 aromatic rings. The van der Waals surface area contributed by atoms with Crippen LogP contribution in [0.25, 0.3) is 0 Å². The van der Waals surface area contributed by atoms with Crippen molar-refractivity contribution in [2.45, 2.75) is 27.0 Å². The molecule has 30 heavy (non-hydrogen) atoms. The minimum Gasteiger partial charge on any atom is -0.435 e. The maximum absolute atomic E-state index is 12.3. The summed E-state index contributed by atoms with van der Waals surface area (Å²) < 4.78 is 29.0. The van der Waals surface area contributed by atoms with Gasteiger partial charge in [-0.1, -0.05) is 19.1 Å². The summed E-state index contributed by atoms with van der Waals surface area (Å²) in [6.07, 6.45) is 0. The summed E-state index contributed by atoms with van der Waals surface area (Å²) in [7, 11) is 4.15. The van der Waals surface area contributed by atoms with Crippen LogP contribution in [-0.4, -0.2) is 87.2 Å². The van der Waals surface area contributed by atoms with Gasteiger partial charge in [-0.3, -0.25) is 4.99 Å². The second-order valence-electron chi connectivity index (χ2n) is 7.78. The van der Waals surface area contributed by atoms with Crippen LogP contribution in [0, 0.1) is 5.92 Å². The van der Waals surface area contributed by atoms with E-state index in [1.54, 1.807) is 24.3 Å². The lowest BCUT2D eigenvalue weighted by Crippen LogP contribution is -2.46. The van der Waals surface area contributed by atoms with Crippen LogP contribution in [0.5, 0.6) is 5.75 Å². The van der Waals surface area contributed by atoms with Crippen molar-refractivity contribution < 1.29 is 13.5 Å². The van der Waals surface area contributed by atoms with E-state index < -0.39 is 6.61 Å². The third-order valence-electron chi connectivity index (χ3n) is 4.98. The zero-order valence-electron chi connectivity index (χ0n) is 18.5. The van der Waals surface area contributed by atoms with Crippen molar-refractivity contribution in [2.75, 3.05) is 59.9 Å². The normalized spacial score (nSPS) is 16.8. The Hall–Kier alpha value is -1.20. The average Bonchev–Trinajstić information content (AvgIpc) is 2.68.